The molecule has 1 fully saturated rings. The molecule has 1 aliphatic carbocycles. The monoisotopic (exact) mass is 206 g/mol. The molecule has 1 aliphatic rings. The lowest BCUT2D eigenvalue weighted by Crippen LogP contribution is -2.16. The van der Waals surface area contributed by atoms with Gasteiger partial charge in [0.1, 0.15) is 5.75 Å². The summed E-state index contributed by atoms with van der Waals surface area (Å²) in [5.74, 6) is 1.78. The van der Waals surface area contributed by atoms with Crippen molar-refractivity contribution in [3.8, 4) is 5.75 Å². The highest BCUT2D eigenvalue weighted by atomic mass is 16.5. The largest absolute Gasteiger partial charge is 0.496 e. The fraction of sp³-hybridized carbons (Fsp3) is 0.500. The minimum Gasteiger partial charge on any atom is -0.496 e. The van der Waals surface area contributed by atoms with E-state index in [-0.39, 0.29) is 0 Å². The van der Waals surface area contributed by atoms with E-state index in [0.29, 0.717) is 0 Å². The van der Waals surface area contributed by atoms with Gasteiger partial charge in [-0.2, -0.15) is 0 Å². The third kappa shape index (κ3) is 2.86. The van der Waals surface area contributed by atoms with E-state index in [1.54, 1.807) is 7.11 Å². The van der Waals surface area contributed by atoms with Crippen LogP contribution in [0.15, 0.2) is 18.2 Å². The number of nitrogen functional groups attached to an aromatic ring is 1. The molecule has 3 heteroatoms. The maximum atomic E-state index is 5.69. The first-order chi connectivity index (χ1) is 7.29. The van der Waals surface area contributed by atoms with Crippen LogP contribution >= 0.6 is 0 Å². The Balaban J connectivity index is 1.92. The summed E-state index contributed by atoms with van der Waals surface area (Å²) >= 11 is 0. The first-order valence-electron chi connectivity index (χ1n) is 5.42. The van der Waals surface area contributed by atoms with Gasteiger partial charge in [0.25, 0.3) is 0 Å². The molecular formula is C12H18N2O. The smallest absolute Gasteiger partial charge is 0.125 e. The molecule has 1 aromatic carbocycles. The second-order valence-corrected chi connectivity index (χ2v) is 4.15. The number of methoxy groups -OCH3 is 1. The molecule has 0 aliphatic heterocycles. The number of benzene rings is 1. The Bertz CT molecular complexity index is 334. The van der Waals surface area contributed by atoms with Crippen LogP contribution in [0, 0.1) is 5.92 Å². The van der Waals surface area contributed by atoms with Crippen molar-refractivity contribution < 1.29 is 4.74 Å². The molecule has 0 spiro atoms. The highest BCUT2D eigenvalue weighted by Crippen LogP contribution is 2.28. The van der Waals surface area contributed by atoms with E-state index >= 15 is 0 Å². The zero-order chi connectivity index (χ0) is 10.7. The molecule has 0 heterocycles. The summed E-state index contributed by atoms with van der Waals surface area (Å²) in [6.07, 6.45) is 2.76. The molecule has 15 heavy (non-hydrogen) atoms. The second-order valence-electron chi connectivity index (χ2n) is 4.15. The van der Waals surface area contributed by atoms with Crippen molar-refractivity contribution in [2.45, 2.75) is 19.4 Å². The third-order valence-corrected chi connectivity index (χ3v) is 2.76. The number of hydrogen-bond donors (Lipinski definition) is 2. The number of anilines is 1. The van der Waals surface area contributed by atoms with Crippen LogP contribution < -0.4 is 15.8 Å². The number of nitrogens with two attached hydrogens (primary N) is 1. The summed E-state index contributed by atoms with van der Waals surface area (Å²) in [4.78, 5) is 0. The Morgan fingerprint density at radius 3 is 2.93 bits per heavy atom. The van der Waals surface area contributed by atoms with Gasteiger partial charge in [-0.25, -0.2) is 0 Å². The predicted octanol–water partition coefficient (Wildman–Crippen LogP) is 1.78. The Labute approximate surface area is 90.6 Å². The van der Waals surface area contributed by atoms with Crippen molar-refractivity contribution in [3.63, 3.8) is 0 Å². The van der Waals surface area contributed by atoms with Gasteiger partial charge in [0.2, 0.25) is 0 Å². The molecule has 0 radical (unpaired) electrons. The number of rotatable bonds is 5. The summed E-state index contributed by atoms with van der Waals surface area (Å²) in [6, 6.07) is 5.80. The zero-order valence-electron chi connectivity index (χ0n) is 9.12. The van der Waals surface area contributed by atoms with Crippen LogP contribution in [0.2, 0.25) is 0 Å². The van der Waals surface area contributed by atoms with E-state index in [4.69, 9.17) is 10.5 Å². The van der Waals surface area contributed by atoms with Crippen molar-refractivity contribution in [2.75, 3.05) is 19.4 Å². The topological polar surface area (TPSA) is 47.3 Å². The Morgan fingerprint density at radius 1 is 1.47 bits per heavy atom. The fourth-order valence-corrected chi connectivity index (χ4v) is 1.64. The molecule has 3 N–H and O–H groups in total. The molecule has 0 atom stereocenters. The number of hydrogen-bond acceptors (Lipinski definition) is 3. The summed E-state index contributed by atoms with van der Waals surface area (Å²) in [5.41, 5.74) is 7.61. The van der Waals surface area contributed by atoms with Crippen LogP contribution in [0.1, 0.15) is 18.4 Å². The van der Waals surface area contributed by atoms with Crippen LogP contribution in [-0.4, -0.2) is 13.7 Å². The van der Waals surface area contributed by atoms with Crippen LogP contribution in [0.5, 0.6) is 5.75 Å². The lowest BCUT2D eigenvalue weighted by Gasteiger charge is -2.10. The summed E-state index contributed by atoms with van der Waals surface area (Å²) < 4.78 is 5.28. The van der Waals surface area contributed by atoms with Gasteiger partial charge in [0.05, 0.1) is 7.11 Å². The molecule has 0 bridgehead atoms. The van der Waals surface area contributed by atoms with E-state index < -0.39 is 0 Å². The van der Waals surface area contributed by atoms with E-state index in [0.717, 1.165) is 30.4 Å². The van der Waals surface area contributed by atoms with E-state index in [1.165, 1.54) is 18.4 Å². The van der Waals surface area contributed by atoms with Gasteiger partial charge >= 0.3 is 0 Å². The van der Waals surface area contributed by atoms with Crippen LogP contribution in [0.3, 0.4) is 0 Å². The average molecular weight is 206 g/mol. The van der Waals surface area contributed by atoms with Crippen molar-refractivity contribution in [1.29, 1.82) is 0 Å². The van der Waals surface area contributed by atoms with Crippen LogP contribution in [0.25, 0.3) is 0 Å². The van der Waals surface area contributed by atoms with E-state index in [2.05, 4.69) is 5.32 Å². The standard InChI is InChI=1S/C12H18N2O/c1-15-12-6-11(13)5-4-10(12)8-14-7-9-2-3-9/h4-6,9,14H,2-3,7-8,13H2,1H3. The zero-order valence-corrected chi connectivity index (χ0v) is 9.12. The highest BCUT2D eigenvalue weighted by Gasteiger charge is 2.20. The van der Waals surface area contributed by atoms with Crippen molar-refractivity contribution >= 4 is 5.69 Å². The molecule has 0 saturated heterocycles. The SMILES string of the molecule is COc1cc(N)ccc1CNCC1CC1. The van der Waals surface area contributed by atoms with Crippen LogP contribution in [0.4, 0.5) is 5.69 Å². The maximum Gasteiger partial charge on any atom is 0.125 e. The molecule has 0 unspecified atom stereocenters. The van der Waals surface area contributed by atoms with Gasteiger partial charge in [0, 0.05) is 23.9 Å². The second kappa shape index (κ2) is 4.53. The van der Waals surface area contributed by atoms with E-state index in [9.17, 15) is 0 Å². The Hall–Kier alpha value is -1.22. The third-order valence-electron chi connectivity index (χ3n) is 2.76. The molecule has 1 aromatic rings. The number of ether oxygens (including phenoxy) is 1. The minimum atomic E-state index is 0.748. The van der Waals surface area contributed by atoms with Crippen LogP contribution in [-0.2, 0) is 6.54 Å². The van der Waals surface area contributed by atoms with Crippen molar-refractivity contribution in [1.82, 2.24) is 5.32 Å². The van der Waals surface area contributed by atoms with Gasteiger partial charge in [-0.05, 0) is 31.4 Å². The van der Waals surface area contributed by atoms with E-state index in [1.807, 2.05) is 18.2 Å². The summed E-state index contributed by atoms with van der Waals surface area (Å²) in [5, 5.41) is 3.44. The first-order valence-corrected chi connectivity index (χ1v) is 5.42. The fourth-order valence-electron chi connectivity index (χ4n) is 1.64. The highest BCUT2D eigenvalue weighted by molar-refractivity contribution is 5.48. The molecule has 0 amide bonds. The molecule has 3 nitrogen and oxygen atoms in total. The quantitative estimate of drug-likeness (QED) is 0.722. The molecule has 1 saturated carbocycles. The number of nitrogens with one attached hydrogen (secondary N) is 1. The maximum absolute atomic E-state index is 5.69. The summed E-state index contributed by atoms with van der Waals surface area (Å²) in [6.45, 7) is 1.98. The predicted molar refractivity (Wildman–Crippen MR) is 61.8 cm³/mol. The van der Waals surface area contributed by atoms with Crippen molar-refractivity contribution in [2.24, 2.45) is 5.92 Å². The molecule has 0 aromatic heterocycles. The molecule has 2 rings (SSSR count). The van der Waals surface area contributed by atoms with Gasteiger partial charge in [-0.1, -0.05) is 6.07 Å². The molecular weight excluding hydrogens is 188 g/mol. The molecule has 82 valence electrons. The normalized spacial score (nSPS) is 15.3. The lowest BCUT2D eigenvalue weighted by atomic mass is 10.2. The van der Waals surface area contributed by atoms with Gasteiger partial charge in [-0.3, -0.25) is 0 Å². The first kappa shape index (κ1) is 10.3. The van der Waals surface area contributed by atoms with Gasteiger partial charge in [0.15, 0.2) is 0 Å². The van der Waals surface area contributed by atoms with Crippen molar-refractivity contribution in [3.05, 3.63) is 23.8 Å². The Morgan fingerprint density at radius 2 is 2.27 bits per heavy atom. The van der Waals surface area contributed by atoms with Gasteiger partial charge in [-0.15, -0.1) is 0 Å². The summed E-state index contributed by atoms with van der Waals surface area (Å²) in [7, 11) is 1.68. The minimum absolute atomic E-state index is 0.748. The van der Waals surface area contributed by atoms with Gasteiger partial charge < -0.3 is 15.8 Å². The lowest BCUT2D eigenvalue weighted by molar-refractivity contribution is 0.407. The Kier molecular flexibility index (Phi) is 3.11. The average Bonchev–Trinajstić information content (AvgIpc) is 3.04.